The van der Waals surface area contributed by atoms with Gasteiger partial charge in [0, 0.05) is 11.8 Å². The number of halogens is 2. The van der Waals surface area contributed by atoms with Gasteiger partial charge >= 0.3 is 0 Å². The number of rotatable bonds is 5. The van der Waals surface area contributed by atoms with Gasteiger partial charge < -0.3 is 10.1 Å². The van der Waals surface area contributed by atoms with Crippen molar-refractivity contribution in [3.63, 3.8) is 0 Å². The number of hydrogen-bond acceptors (Lipinski definition) is 3. The fraction of sp³-hybridized carbons (Fsp3) is 0.267. The van der Waals surface area contributed by atoms with Crippen molar-refractivity contribution >= 4 is 0 Å². The quantitative estimate of drug-likeness (QED) is 0.912. The molecule has 0 saturated carbocycles. The van der Waals surface area contributed by atoms with Gasteiger partial charge in [0.05, 0.1) is 18.8 Å². The Hall–Kier alpha value is -2.01. The molecule has 0 saturated heterocycles. The lowest BCUT2D eigenvalue weighted by Gasteiger charge is -2.18. The van der Waals surface area contributed by atoms with E-state index < -0.39 is 17.7 Å². The van der Waals surface area contributed by atoms with Gasteiger partial charge in [-0.1, -0.05) is 0 Å². The Kier molecular flexibility index (Phi) is 4.63. The van der Waals surface area contributed by atoms with E-state index in [1.807, 2.05) is 6.92 Å². The lowest BCUT2D eigenvalue weighted by molar-refractivity contribution is 0.338. The van der Waals surface area contributed by atoms with Crippen LogP contribution < -0.4 is 10.1 Å². The zero-order valence-corrected chi connectivity index (χ0v) is 11.4. The lowest BCUT2D eigenvalue weighted by Crippen LogP contribution is -2.19. The van der Waals surface area contributed by atoms with Crippen molar-refractivity contribution in [2.75, 3.05) is 13.7 Å². The average molecular weight is 278 g/mol. The first kappa shape index (κ1) is 14.4. The van der Waals surface area contributed by atoms with Crippen LogP contribution >= 0.6 is 0 Å². The molecule has 1 unspecified atom stereocenters. The third kappa shape index (κ3) is 3.11. The standard InChI is InChI=1S/C15H16F2N2O/c1-3-20-12-6-10(8-19-9-12)15(18-2)13-7-11(16)4-5-14(13)17/h4-9,15,18H,3H2,1-2H3. The van der Waals surface area contributed by atoms with Gasteiger partial charge in [-0.25, -0.2) is 8.78 Å². The topological polar surface area (TPSA) is 34.1 Å². The van der Waals surface area contributed by atoms with Gasteiger partial charge in [0.2, 0.25) is 0 Å². The van der Waals surface area contributed by atoms with E-state index in [-0.39, 0.29) is 5.56 Å². The fourth-order valence-corrected chi connectivity index (χ4v) is 2.08. The van der Waals surface area contributed by atoms with E-state index in [1.54, 1.807) is 25.5 Å². The molecule has 5 heteroatoms. The number of nitrogens with one attached hydrogen (secondary N) is 1. The van der Waals surface area contributed by atoms with E-state index in [9.17, 15) is 8.78 Å². The molecule has 0 radical (unpaired) electrons. The van der Waals surface area contributed by atoms with E-state index >= 15 is 0 Å². The maximum atomic E-state index is 13.9. The normalized spacial score (nSPS) is 12.2. The van der Waals surface area contributed by atoms with Crippen LogP contribution in [0.4, 0.5) is 8.78 Å². The number of pyridine rings is 1. The number of aromatic nitrogens is 1. The van der Waals surface area contributed by atoms with Gasteiger partial charge in [-0.15, -0.1) is 0 Å². The third-order valence-corrected chi connectivity index (χ3v) is 2.94. The molecule has 0 aliphatic heterocycles. The number of nitrogens with zero attached hydrogens (tertiary/aromatic N) is 1. The summed E-state index contributed by atoms with van der Waals surface area (Å²) >= 11 is 0. The lowest BCUT2D eigenvalue weighted by atomic mass is 9.99. The molecule has 106 valence electrons. The molecule has 0 aliphatic carbocycles. The van der Waals surface area contributed by atoms with Gasteiger partial charge in [-0.05, 0) is 43.8 Å². The van der Waals surface area contributed by atoms with Crippen LogP contribution in [0.3, 0.4) is 0 Å². The second-order valence-electron chi connectivity index (χ2n) is 4.27. The molecule has 20 heavy (non-hydrogen) atoms. The maximum Gasteiger partial charge on any atom is 0.137 e. The first-order chi connectivity index (χ1) is 9.65. The summed E-state index contributed by atoms with van der Waals surface area (Å²) in [6, 6.07) is 4.68. The Labute approximate surface area is 116 Å². The predicted octanol–water partition coefficient (Wildman–Crippen LogP) is 3.07. The molecular formula is C15H16F2N2O. The Bertz CT molecular complexity index is 590. The third-order valence-electron chi connectivity index (χ3n) is 2.94. The van der Waals surface area contributed by atoms with Crippen LogP contribution in [0.15, 0.2) is 36.7 Å². The summed E-state index contributed by atoms with van der Waals surface area (Å²) < 4.78 is 32.6. The van der Waals surface area contributed by atoms with Gasteiger partial charge in [0.15, 0.2) is 0 Å². The Morgan fingerprint density at radius 1 is 1.25 bits per heavy atom. The van der Waals surface area contributed by atoms with Gasteiger partial charge in [-0.2, -0.15) is 0 Å². The average Bonchev–Trinajstić information content (AvgIpc) is 2.44. The van der Waals surface area contributed by atoms with Crippen LogP contribution in [-0.4, -0.2) is 18.6 Å². The minimum atomic E-state index is -0.487. The second-order valence-corrected chi connectivity index (χ2v) is 4.27. The summed E-state index contributed by atoms with van der Waals surface area (Å²) in [7, 11) is 1.68. The zero-order valence-electron chi connectivity index (χ0n) is 11.4. The molecule has 1 N–H and O–H groups in total. The SMILES string of the molecule is CCOc1cncc(C(NC)c2cc(F)ccc2F)c1. The van der Waals surface area contributed by atoms with E-state index in [0.29, 0.717) is 17.9 Å². The van der Waals surface area contributed by atoms with E-state index in [1.165, 1.54) is 6.07 Å². The summed E-state index contributed by atoms with van der Waals surface area (Å²) in [5.74, 6) is -0.342. The van der Waals surface area contributed by atoms with Crippen LogP contribution in [0.1, 0.15) is 24.1 Å². The second kappa shape index (κ2) is 6.43. The number of benzene rings is 1. The molecule has 2 aromatic rings. The highest BCUT2D eigenvalue weighted by atomic mass is 19.1. The fourth-order valence-electron chi connectivity index (χ4n) is 2.08. The zero-order chi connectivity index (χ0) is 14.5. The van der Waals surface area contributed by atoms with Gasteiger partial charge in [0.1, 0.15) is 17.4 Å². The molecule has 0 fully saturated rings. The molecule has 0 bridgehead atoms. The van der Waals surface area contributed by atoms with Crippen LogP contribution in [-0.2, 0) is 0 Å². The van der Waals surface area contributed by atoms with Crippen molar-refractivity contribution in [2.24, 2.45) is 0 Å². The molecule has 0 aliphatic rings. The molecule has 1 aromatic carbocycles. The minimum Gasteiger partial charge on any atom is -0.492 e. The summed E-state index contributed by atoms with van der Waals surface area (Å²) in [5, 5.41) is 2.97. The predicted molar refractivity (Wildman–Crippen MR) is 72.7 cm³/mol. The van der Waals surface area contributed by atoms with Crippen molar-refractivity contribution in [2.45, 2.75) is 13.0 Å². The molecule has 0 amide bonds. The smallest absolute Gasteiger partial charge is 0.137 e. The van der Waals surface area contributed by atoms with Crippen molar-refractivity contribution in [3.05, 3.63) is 59.4 Å². The number of hydrogen-bond donors (Lipinski definition) is 1. The van der Waals surface area contributed by atoms with Crippen molar-refractivity contribution in [3.8, 4) is 5.75 Å². The Balaban J connectivity index is 2.41. The van der Waals surface area contributed by atoms with Gasteiger partial charge in [0.25, 0.3) is 0 Å². The van der Waals surface area contributed by atoms with Crippen molar-refractivity contribution < 1.29 is 13.5 Å². The Morgan fingerprint density at radius 3 is 2.75 bits per heavy atom. The summed E-state index contributed by atoms with van der Waals surface area (Å²) in [6.07, 6.45) is 3.19. The summed E-state index contributed by atoms with van der Waals surface area (Å²) in [4.78, 5) is 4.07. The first-order valence-electron chi connectivity index (χ1n) is 6.35. The highest BCUT2D eigenvalue weighted by molar-refractivity contribution is 5.35. The maximum absolute atomic E-state index is 13.9. The minimum absolute atomic E-state index is 0.239. The van der Waals surface area contributed by atoms with E-state index in [2.05, 4.69) is 10.3 Å². The molecular weight excluding hydrogens is 262 g/mol. The van der Waals surface area contributed by atoms with Crippen molar-refractivity contribution in [1.29, 1.82) is 0 Å². The highest BCUT2D eigenvalue weighted by Gasteiger charge is 2.18. The van der Waals surface area contributed by atoms with Crippen LogP contribution in [0, 0.1) is 11.6 Å². The highest BCUT2D eigenvalue weighted by Crippen LogP contribution is 2.26. The van der Waals surface area contributed by atoms with Crippen LogP contribution in [0.2, 0.25) is 0 Å². The molecule has 1 heterocycles. The monoisotopic (exact) mass is 278 g/mol. The van der Waals surface area contributed by atoms with E-state index in [4.69, 9.17) is 4.74 Å². The molecule has 0 spiro atoms. The summed E-state index contributed by atoms with van der Waals surface area (Å²) in [5.41, 5.74) is 0.950. The van der Waals surface area contributed by atoms with Crippen molar-refractivity contribution in [1.82, 2.24) is 10.3 Å². The van der Waals surface area contributed by atoms with Gasteiger partial charge in [-0.3, -0.25) is 4.98 Å². The molecule has 1 aromatic heterocycles. The van der Waals surface area contributed by atoms with Crippen LogP contribution in [0.25, 0.3) is 0 Å². The first-order valence-corrected chi connectivity index (χ1v) is 6.35. The summed E-state index contributed by atoms with van der Waals surface area (Å²) in [6.45, 7) is 2.39. The molecule has 1 atom stereocenters. The largest absolute Gasteiger partial charge is 0.492 e. The number of ether oxygens (including phenoxy) is 1. The van der Waals surface area contributed by atoms with Crippen LogP contribution in [0.5, 0.6) is 5.75 Å². The van der Waals surface area contributed by atoms with E-state index in [0.717, 1.165) is 12.1 Å². The Morgan fingerprint density at radius 2 is 2.05 bits per heavy atom. The molecule has 2 rings (SSSR count). The molecule has 3 nitrogen and oxygen atoms in total.